The van der Waals surface area contributed by atoms with Gasteiger partial charge in [-0.1, -0.05) is 24.3 Å². The Bertz CT molecular complexity index is 1150. The minimum atomic E-state index is -4.56. The maximum absolute atomic E-state index is 13.5. The number of alkyl halides is 3. The fraction of sp³-hybridized carbons (Fsp3) is 0.318. The first kappa shape index (κ1) is 22.4. The highest BCUT2D eigenvalue weighted by Crippen LogP contribution is 2.32. The second kappa shape index (κ2) is 8.64. The molecule has 0 saturated carbocycles. The summed E-state index contributed by atoms with van der Waals surface area (Å²) in [6.45, 7) is 2.05. The van der Waals surface area contributed by atoms with Gasteiger partial charge in [0.25, 0.3) is 0 Å². The molecule has 33 heavy (non-hydrogen) atoms. The molecule has 4 rings (SSSR count). The molecule has 2 amide bonds. The fourth-order valence-corrected chi connectivity index (χ4v) is 3.96. The van der Waals surface area contributed by atoms with Crippen LogP contribution in [0.1, 0.15) is 24.1 Å². The van der Waals surface area contributed by atoms with Gasteiger partial charge in [-0.2, -0.15) is 13.2 Å². The van der Waals surface area contributed by atoms with Crippen molar-refractivity contribution in [3.05, 3.63) is 59.7 Å². The van der Waals surface area contributed by atoms with Crippen LogP contribution in [-0.4, -0.2) is 62.6 Å². The van der Waals surface area contributed by atoms with Crippen LogP contribution in [0.15, 0.2) is 48.5 Å². The standard InChI is InChI=1S/C22H22F3N5O3/c1-13-12-29(9-10-30(13)21(32)33)19(31)18(14-5-4-6-15(11-14)22(23,24)25)28-20-26-16-7-2-3-8-17(16)27-20/h2-8,11,13,18H,9-10,12H2,1H3,(H,32,33)(H2,26,27,28). The topological polar surface area (TPSA) is 102 Å². The zero-order chi connectivity index (χ0) is 23.8. The van der Waals surface area contributed by atoms with Gasteiger partial charge in [0.1, 0.15) is 6.04 Å². The number of aromatic nitrogens is 2. The number of carbonyl (C=O) groups is 2. The summed E-state index contributed by atoms with van der Waals surface area (Å²) in [5.41, 5.74) is 0.606. The van der Waals surface area contributed by atoms with Gasteiger partial charge in [0, 0.05) is 25.7 Å². The van der Waals surface area contributed by atoms with Crippen molar-refractivity contribution in [2.75, 3.05) is 25.0 Å². The summed E-state index contributed by atoms with van der Waals surface area (Å²) < 4.78 is 40.0. The number of benzene rings is 2. The number of carboxylic acid groups (broad SMARTS) is 1. The molecule has 0 spiro atoms. The minimum Gasteiger partial charge on any atom is -0.465 e. The Morgan fingerprint density at radius 2 is 1.94 bits per heavy atom. The van der Waals surface area contributed by atoms with Crippen LogP contribution in [-0.2, 0) is 11.0 Å². The highest BCUT2D eigenvalue weighted by Gasteiger charge is 2.36. The van der Waals surface area contributed by atoms with Crippen molar-refractivity contribution >= 4 is 29.0 Å². The van der Waals surface area contributed by atoms with Crippen molar-refractivity contribution in [1.29, 1.82) is 0 Å². The Labute approximate surface area is 187 Å². The molecule has 0 bridgehead atoms. The second-order valence-electron chi connectivity index (χ2n) is 7.91. The number of nitrogens with one attached hydrogen (secondary N) is 2. The molecule has 3 aromatic rings. The maximum Gasteiger partial charge on any atom is 0.416 e. The van der Waals surface area contributed by atoms with E-state index in [1.54, 1.807) is 25.1 Å². The molecule has 2 aromatic carbocycles. The van der Waals surface area contributed by atoms with Gasteiger partial charge < -0.3 is 25.2 Å². The number of carbonyl (C=O) groups excluding carboxylic acids is 1. The number of para-hydroxylation sites is 2. The van der Waals surface area contributed by atoms with Crippen molar-refractivity contribution in [2.24, 2.45) is 0 Å². The highest BCUT2D eigenvalue weighted by atomic mass is 19.4. The van der Waals surface area contributed by atoms with E-state index in [2.05, 4.69) is 15.3 Å². The van der Waals surface area contributed by atoms with E-state index in [1.165, 1.54) is 21.9 Å². The largest absolute Gasteiger partial charge is 0.465 e. The molecular formula is C22H22F3N5O3. The van der Waals surface area contributed by atoms with Crippen LogP contribution in [0, 0.1) is 0 Å². The number of aromatic amines is 1. The number of amides is 2. The molecule has 1 fully saturated rings. The number of anilines is 1. The molecule has 0 radical (unpaired) electrons. The molecule has 3 N–H and O–H groups in total. The van der Waals surface area contributed by atoms with Gasteiger partial charge in [0.05, 0.1) is 16.6 Å². The lowest BCUT2D eigenvalue weighted by Gasteiger charge is -2.39. The highest BCUT2D eigenvalue weighted by molar-refractivity contribution is 5.87. The molecule has 2 heterocycles. The molecule has 1 aliphatic rings. The Hall–Kier alpha value is -3.76. The number of fused-ring (bicyclic) bond motifs is 1. The van der Waals surface area contributed by atoms with E-state index in [-0.39, 0.29) is 31.1 Å². The quantitative estimate of drug-likeness (QED) is 0.546. The Balaban J connectivity index is 1.67. The lowest BCUT2D eigenvalue weighted by molar-refractivity contribution is -0.138. The van der Waals surface area contributed by atoms with E-state index < -0.39 is 35.8 Å². The molecule has 1 saturated heterocycles. The van der Waals surface area contributed by atoms with Crippen LogP contribution < -0.4 is 5.32 Å². The molecule has 8 nitrogen and oxygen atoms in total. The number of hydrogen-bond donors (Lipinski definition) is 3. The van der Waals surface area contributed by atoms with E-state index >= 15 is 0 Å². The van der Waals surface area contributed by atoms with E-state index in [4.69, 9.17) is 0 Å². The van der Waals surface area contributed by atoms with Crippen LogP contribution in [0.5, 0.6) is 0 Å². The number of nitrogens with zero attached hydrogens (tertiary/aromatic N) is 3. The first-order valence-electron chi connectivity index (χ1n) is 10.3. The molecule has 1 aromatic heterocycles. The van der Waals surface area contributed by atoms with Gasteiger partial charge in [-0.15, -0.1) is 0 Å². The average molecular weight is 461 g/mol. The number of hydrogen-bond acceptors (Lipinski definition) is 4. The SMILES string of the molecule is CC1CN(C(=O)C(Nc2nc3ccccc3[nH]2)c2cccc(C(F)(F)F)c2)CCN1C(=O)O. The summed E-state index contributed by atoms with van der Waals surface area (Å²) in [5.74, 6) is -0.226. The average Bonchev–Trinajstić information content (AvgIpc) is 3.19. The third-order valence-electron chi connectivity index (χ3n) is 5.65. The first-order chi connectivity index (χ1) is 15.6. The predicted molar refractivity (Wildman–Crippen MR) is 115 cm³/mol. The Morgan fingerprint density at radius 1 is 1.18 bits per heavy atom. The van der Waals surface area contributed by atoms with Crippen LogP contribution in [0.2, 0.25) is 0 Å². The summed E-state index contributed by atoms with van der Waals surface area (Å²) in [6, 6.07) is 10.1. The van der Waals surface area contributed by atoms with E-state index in [1.807, 2.05) is 6.07 Å². The number of H-pyrrole nitrogens is 1. The van der Waals surface area contributed by atoms with Gasteiger partial charge in [0.15, 0.2) is 0 Å². The number of imidazole rings is 1. The smallest absolute Gasteiger partial charge is 0.416 e. The van der Waals surface area contributed by atoms with Crippen molar-refractivity contribution in [3.8, 4) is 0 Å². The molecule has 1 aliphatic heterocycles. The predicted octanol–water partition coefficient (Wildman–Crippen LogP) is 3.95. The third kappa shape index (κ3) is 4.71. The summed E-state index contributed by atoms with van der Waals surface area (Å²) in [7, 11) is 0. The molecule has 2 unspecified atom stereocenters. The van der Waals surface area contributed by atoms with Gasteiger partial charge in [-0.05, 0) is 36.8 Å². The van der Waals surface area contributed by atoms with Crippen LogP contribution in [0.25, 0.3) is 11.0 Å². The third-order valence-corrected chi connectivity index (χ3v) is 5.65. The van der Waals surface area contributed by atoms with Crippen molar-refractivity contribution in [2.45, 2.75) is 25.2 Å². The number of halogens is 3. The van der Waals surface area contributed by atoms with Crippen LogP contribution in [0.4, 0.5) is 23.9 Å². The van der Waals surface area contributed by atoms with E-state index in [0.29, 0.717) is 11.0 Å². The van der Waals surface area contributed by atoms with Gasteiger partial charge in [-0.3, -0.25) is 4.79 Å². The van der Waals surface area contributed by atoms with Crippen molar-refractivity contribution in [1.82, 2.24) is 19.8 Å². The lowest BCUT2D eigenvalue weighted by Crippen LogP contribution is -2.56. The molecule has 2 atom stereocenters. The molecule has 0 aliphatic carbocycles. The molecule has 11 heteroatoms. The normalized spacial score (nSPS) is 17.8. The van der Waals surface area contributed by atoms with Crippen molar-refractivity contribution in [3.63, 3.8) is 0 Å². The molecular weight excluding hydrogens is 439 g/mol. The first-order valence-corrected chi connectivity index (χ1v) is 10.3. The van der Waals surface area contributed by atoms with Gasteiger partial charge >= 0.3 is 12.3 Å². The van der Waals surface area contributed by atoms with E-state index in [9.17, 15) is 27.9 Å². The van der Waals surface area contributed by atoms with Gasteiger partial charge in [0.2, 0.25) is 11.9 Å². The minimum absolute atomic E-state index is 0.113. The monoisotopic (exact) mass is 461 g/mol. The number of piperazine rings is 1. The number of rotatable bonds is 4. The Morgan fingerprint density at radius 3 is 2.61 bits per heavy atom. The maximum atomic E-state index is 13.5. The lowest BCUT2D eigenvalue weighted by atomic mass is 10.0. The summed E-state index contributed by atoms with van der Waals surface area (Å²) in [6.07, 6.45) is -5.64. The van der Waals surface area contributed by atoms with Gasteiger partial charge in [-0.25, -0.2) is 9.78 Å². The van der Waals surface area contributed by atoms with E-state index in [0.717, 1.165) is 12.1 Å². The fourth-order valence-electron chi connectivity index (χ4n) is 3.96. The zero-order valence-corrected chi connectivity index (χ0v) is 17.6. The summed E-state index contributed by atoms with van der Waals surface area (Å²) in [4.78, 5) is 34.9. The van der Waals surface area contributed by atoms with Crippen LogP contribution in [0.3, 0.4) is 0 Å². The zero-order valence-electron chi connectivity index (χ0n) is 17.6. The summed E-state index contributed by atoms with van der Waals surface area (Å²) >= 11 is 0. The Kier molecular flexibility index (Phi) is 5.88. The molecule has 174 valence electrons. The van der Waals surface area contributed by atoms with Crippen LogP contribution >= 0.6 is 0 Å². The summed E-state index contributed by atoms with van der Waals surface area (Å²) in [5, 5.41) is 12.2. The van der Waals surface area contributed by atoms with Crippen molar-refractivity contribution < 1.29 is 27.9 Å². The second-order valence-corrected chi connectivity index (χ2v) is 7.91.